The summed E-state index contributed by atoms with van der Waals surface area (Å²) in [5, 5.41) is 0. The largest absolute Gasteiger partial charge is 0.464 e. The summed E-state index contributed by atoms with van der Waals surface area (Å²) >= 11 is 0. The quantitative estimate of drug-likeness (QED) is 0.801. The second-order valence-corrected chi connectivity index (χ2v) is 4.15. The van der Waals surface area contributed by atoms with E-state index in [1.165, 1.54) is 24.3 Å². The molecule has 7 nitrogen and oxygen atoms in total. The monoisotopic (exact) mass is 289 g/mol. The van der Waals surface area contributed by atoms with Crippen molar-refractivity contribution >= 4 is 11.9 Å². The van der Waals surface area contributed by atoms with Crippen molar-refractivity contribution in [3.63, 3.8) is 0 Å². The normalized spacial score (nSPS) is 10.1. The number of carbonyl (C=O) groups is 2. The van der Waals surface area contributed by atoms with Gasteiger partial charge >= 0.3 is 5.97 Å². The van der Waals surface area contributed by atoms with E-state index in [1.54, 1.807) is 0 Å². The van der Waals surface area contributed by atoms with Crippen molar-refractivity contribution in [2.24, 2.45) is 0 Å². The van der Waals surface area contributed by atoms with Gasteiger partial charge in [0.1, 0.15) is 12.9 Å². The number of esters is 1. The third kappa shape index (κ3) is 4.15. The van der Waals surface area contributed by atoms with E-state index in [4.69, 9.17) is 4.74 Å². The van der Waals surface area contributed by atoms with Crippen molar-refractivity contribution in [3.05, 3.63) is 54.1 Å². The van der Waals surface area contributed by atoms with Gasteiger partial charge in [-0.2, -0.15) is 0 Å². The topological polar surface area (TPSA) is 82.5 Å². The summed E-state index contributed by atoms with van der Waals surface area (Å²) in [7, 11) is 1.25. The molecule has 0 fully saturated rings. The van der Waals surface area contributed by atoms with Gasteiger partial charge in [0.05, 0.1) is 19.9 Å². The number of methoxy groups -OCH3 is 1. The number of nitrogens with one attached hydrogen (secondary N) is 1. The Hall–Kier alpha value is -2.67. The molecule has 1 amide bonds. The van der Waals surface area contributed by atoms with Crippen molar-refractivity contribution in [2.45, 2.75) is 6.61 Å². The number of ether oxygens (including phenoxy) is 2. The average Bonchev–Trinajstić information content (AvgIpc) is 2.95. The van der Waals surface area contributed by atoms with Gasteiger partial charge in [0.15, 0.2) is 5.69 Å². The first kappa shape index (κ1) is 14.7. The van der Waals surface area contributed by atoms with E-state index in [9.17, 15) is 9.59 Å². The van der Waals surface area contributed by atoms with Crippen molar-refractivity contribution < 1.29 is 19.1 Å². The molecule has 1 heterocycles. The first-order valence-corrected chi connectivity index (χ1v) is 6.23. The van der Waals surface area contributed by atoms with Crippen LogP contribution >= 0.6 is 0 Å². The third-order valence-electron chi connectivity index (χ3n) is 2.62. The van der Waals surface area contributed by atoms with E-state index in [-0.39, 0.29) is 12.3 Å². The van der Waals surface area contributed by atoms with Crippen LogP contribution in [0, 0.1) is 0 Å². The van der Waals surface area contributed by atoms with Gasteiger partial charge in [-0.3, -0.25) is 10.2 Å². The van der Waals surface area contributed by atoms with Gasteiger partial charge in [-0.1, -0.05) is 30.3 Å². The van der Waals surface area contributed by atoms with Crippen LogP contribution in [0.15, 0.2) is 42.9 Å². The molecular weight excluding hydrogens is 274 g/mol. The van der Waals surface area contributed by atoms with Crippen LogP contribution in [-0.4, -0.2) is 35.3 Å². The lowest BCUT2D eigenvalue weighted by Crippen LogP contribution is -2.28. The van der Waals surface area contributed by atoms with Gasteiger partial charge < -0.3 is 9.47 Å². The van der Waals surface area contributed by atoms with E-state index >= 15 is 0 Å². The van der Waals surface area contributed by atoms with Gasteiger partial charge in [-0.25, -0.2) is 14.5 Å². The third-order valence-corrected chi connectivity index (χ3v) is 2.62. The maximum absolute atomic E-state index is 11.7. The average molecular weight is 289 g/mol. The highest BCUT2D eigenvalue weighted by Gasteiger charge is 2.13. The number of hydrogen-bond acceptors (Lipinski definition) is 5. The molecule has 0 aliphatic carbocycles. The van der Waals surface area contributed by atoms with E-state index in [0.717, 1.165) is 5.56 Å². The molecule has 2 aromatic rings. The summed E-state index contributed by atoms with van der Waals surface area (Å²) < 4.78 is 11.1. The maximum Gasteiger partial charge on any atom is 0.358 e. The van der Waals surface area contributed by atoms with Crippen molar-refractivity contribution in [1.82, 2.24) is 9.66 Å². The number of imidazole rings is 1. The van der Waals surface area contributed by atoms with Crippen molar-refractivity contribution in [1.29, 1.82) is 0 Å². The number of nitrogens with zero attached hydrogens (tertiary/aromatic N) is 2. The van der Waals surface area contributed by atoms with Crippen LogP contribution in [0.4, 0.5) is 0 Å². The van der Waals surface area contributed by atoms with Crippen LogP contribution in [0.25, 0.3) is 0 Å². The number of benzene rings is 1. The Bertz CT molecular complexity index is 610. The molecule has 0 aliphatic rings. The summed E-state index contributed by atoms with van der Waals surface area (Å²) in [4.78, 5) is 26.9. The molecule has 0 radical (unpaired) electrons. The molecular formula is C14H15N3O4. The second kappa shape index (κ2) is 7.20. The Labute approximate surface area is 121 Å². The van der Waals surface area contributed by atoms with Crippen LogP contribution < -0.4 is 5.43 Å². The predicted molar refractivity (Wildman–Crippen MR) is 74.0 cm³/mol. The summed E-state index contributed by atoms with van der Waals surface area (Å²) in [5.74, 6) is -0.980. The van der Waals surface area contributed by atoms with E-state index in [0.29, 0.717) is 6.61 Å². The van der Waals surface area contributed by atoms with E-state index < -0.39 is 11.9 Å². The Kier molecular flexibility index (Phi) is 5.05. The summed E-state index contributed by atoms with van der Waals surface area (Å²) in [6, 6.07) is 9.51. The fourth-order valence-corrected chi connectivity index (χ4v) is 1.64. The molecule has 0 bridgehead atoms. The zero-order valence-electron chi connectivity index (χ0n) is 11.5. The molecule has 1 N–H and O–H groups in total. The van der Waals surface area contributed by atoms with Gasteiger partial charge in [0.25, 0.3) is 5.91 Å². The highest BCUT2D eigenvalue weighted by atomic mass is 16.5. The van der Waals surface area contributed by atoms with Crippen LogP contribution in [0.1, 0.15) is 16.1 Å². The number of aromatic nitrogens is 2. The molecule has 0 atom stereocenters. The molecule has 110 valence electrons. The van der Waals surface area contributed by atoms with Crippen LogP contribution in [0.5, 0.6) is 0 Å². The minimum atomic E-state index is -0.585. The lowest BCUT2D eigenvalue weighted by Gasteiger charge is -2.09. The molecule has 0 saturated heterocycles. The maximum atomic E-state index is 11.7. The lowest BCUT2D eigenvalue weighted by molar-refractivity contribution is -0.121. The minimum absolute atomic E-state index is 0.131. The fourth-order valence-electron chi connectivity index (χ4n) is 1.64. The first-order valence-electron chi connectivity index (χ1n) is 6.23. The van der Waals surface area contributed by atoms with E-state index in [2.05, 4.69) is 15.1 Å². The Morgan fingerprint density at radius 3 is 2.76 bits per heavy atom. The highest BCUT2D eigenvalue weighted by molar-refractivity contribution is 5.90. The number of hydrogen-bond donors (Lipinski definition) is 1. The van der Waals surface area contributed by atoms with Gasteiger partial charge in [-0.15, -0.1) is 0 Å². The SMILES string of the molecule is COC(=O)c1cncn1NC(=O)COCc1ccccc1. The Morgan fingerprint density at radius 2 is 2.05 bits per heavy atom. The van der Waals surface area contributed by atoms with Crippen LogP contribution in [0.2, 0.25) is 0 Å². The summed E-state index contributed by atoms with van der Waals surface area (Å²) in [6.45, 7) is 0.204. The lowest BCUT2D eigenvalue weighted by atomic mass is 10.2. The predicted octanol–water partition coefficient (Wildman–Crippen LogP) is 0.957. The fraction of sp³-hybridized carbons (Fsp3) is 0.214. The smallest absolute Gasteiger partial charge is 0.358 e. The van der Waals surface area contributed by atoms with E-state index in [1.807, 2.05) is 30.3 Å². The molecule has 21 heavy (non-hydrogen) atoms. The second-order valence-electron chi connectivity index (χ2n) is 4.15. The van der Waals surface area contributed by atoms with Crippen molar-refractivity contribution in [2.75, 3.05) is 19.1 Å². The first-order chi connectivity index (χ1) is 10.2. The zero-order chi connectivity index (χ0) is 15.1. The Morgan fingerprint density at radius 1 is 1.29 bits per heavy atom. The standard InChI is InChI=1S/C14H15N3O4/c1-20-14(19)12-7-15-10-17(12)16-13(18)9-21-8-11-5-3-2-4-6-11/h2-7,10H,8-9H2,1H3,(H,16,18). The zero-order valence-corrected chi connectivity index (χ0v) is 11.5. The molecule has 0 aliphatic heterocycles. The highest BCUT2D eigenvalue weighted by Crippen LogP contribution is 2.01. The molecule has 0 saturated carbocycles. The Balaban J connectivity index is 1.82. The molecule has 2 rings (SSSR count). The molecule has 0 spiro atoms. The van der Waals surface area contributed by atoms with Gasteiger partial charge in [0, 0.05) is 0 Å². The van der Waals surface area contributed by atoms with Crippen molar-refractivity contribution in [3.8, 4) is 0 Å². The van der Waals surface area contributed by atoms with Crippen LogP contribution in [-0.2, 0) is 20.9 Å². The number of amides is 1. The van der Waals surface area contributed by atoms with Gasteiger partial charge in [0.2, 0.25) is 0 Å². The molecule has 1 aromatic heterocycles. The minimum Gasteiger partial charge on any atom is -0.464 e. The summed E-state index contributed by atoms with van der Waals surface area (Å²) in [6.07, 6.45) is 2.61. The van der Waals surface area contributed by atoms with Gasteiger partial charge in [-0.05, 0) is 5.56 Å². The molecule has 7 heteroatoms. The molecule has 0 unspecified atom stereocenters. The molecule has 1 aromatic carbocycles. The summed E-state index contributed by atoms with van der Waals surface area (Å²) in [5.41, 5.74) is 3.59. The number of rotatable bonds is 6. The number of carbonyl (C=O) groups excluding carboxylic acids is 2. The van der Waals surface area contributed by atoms with Crippen LogP contribution in [0.3, 0.4) is 0 Å².